The first-order valence-corrected chi connectivity index (χ1v) is 13.0. The Morgan fingerprint density at radius 2 is 1.85 bits per heavy atom. The Labute approximate surface area is 203 Å². The lowest BCUT2D eigenvalue weighted by Gasteiger charge is -2.44. The molecule has 0 saturated carbocycles. The van der Waals surface area contributed by atoms with Gasteiger partial charge in [-0.2, -0.15) is 0 Å². The molecular formula is C29H38N2O3. The van der Waals surface area contributed by atoms with Gasteiger partial charge in [0.15, 0.2) is 0 Å². The number of aryl methyl sites for hydroxylation is 1. The molecule has 1 amide bonds. The average Bonchev–Trinajstić information content (AvgIpc) is 2.85. The summed E-state index contributed by atoms with van der Waals surface area (Å²) in [6, 6.07) is 15.0. The summed E-state index contributed by atoms with van der Waals surface area (Å²) >= 11 is 0. The van der Waals surface area contributed by atoms with Crippen molar-refractivity contribution in [2.24, 2.45) is 11.3 Å². The van der Waals surface area contributed by atoms with Gasteiger partial charge in [-0.05, 0) is 67.4 Å². The molecule has 2 aromatic rings. The van der Waals surface area contributed by atoms with E-state index < -0.39 is 0 Å². The van der Waals surface area contributed by atoms with Crippen molar-refractivity contribution in [3.8, 4) is 16.9 Å². The lowest BCUT2D eigenvalue weighted by atomic mass is 9.78. The second-order valence-electron chi connectivity index (χ2n) is 11.0. The molecule has 2 bridgehead atoms. The Morgan fingerprint density at radius 1 is 1.12 bits per heavy atom. The van der Waals surface area contributed by atoms with Crippen molar-refractivity contribution < 1.29 is 14.3 Å². The number of fused-ring (bicyclic) bond motifs is 4. The van der Waals surface area contributed by atoms with Crippen LogP contribution in [0.1, 0.15) is 63.6 Å². The Morgan fingerprint density at radius 3 is 2.53 bits per heavy atom. The number of carbonyl (C=O) groups is 1. The second-order valence-corrected chi connectivity index (χ2v) is 11.0. The molecule has 1 unspecified atom stereocenters. The minimum Gasteiger partial charge on any atom is -0.493 e. The number of ether oxygens (including phenoxy) is 2. The molecule has 0 spiro atoms. The first kappa shape index (κ1) is 23.2. The summed E-state index contributed by atoms with van der Waals surface area (Å²) in [4.78, 5) is 15.4. The minimum absolute atomic E-state index is 0.00703. The van der Waals surface area contributed by atoms with E-state index in [0.29, 0.717) is 12.5 Å². The minimum atomic E-state index is -0.309. The number of hydrogen-bond acceptors (Lipinski definition) is 4. The Balaban J connectivity index is 1.31. The van der Waals surface area contributed by atoms with Crippen LogP contribution in [0.15, 0.2) is 42.5 Å². The molecular weight excluding hydrogens is 424 g/mol. The van der Waals surface area contributed by atoms with Crippen molar-refractivity contribution in [1.82, 2.24) is 10.2 Å². The zero-order valence-electron chi connectivity index (χ0n) is 20.8. The van der Waals surface area contributed by atoms with Gasteiger partial charge in [0.25, 0.3) is 0 Å². The predicted octanol–water partition coefficient (Wildman–Crippen LogP) is 5.98. The van der Waals surface area contributed by atoms with E-state index in [2.05, 4.69) is 73.5 Å². The maximum Gasteiger partial charge on any atom is 0.407 e. The maximum absolute atomic E-state index is 13.0. The lowest BCUT2D eigenvalue weighted by molar-refractivity contribution is -0.0361. The van der Waals surface area contributed by atoms with Crippen LogP contribution in [0.25, 0.3) is 11.1 Å². The van der Waals surface area contributed by atoms with Gasteiger partial charge in [-0.25, -0.2) is 4.79 Å². The number of unbranched alkanes of at least 4 members (excludes halogenated alkanes) is 1. The molecule has 4 heterocycles. The third-order valence-corrected chi connectivity index (χ3v) is 7.93. The zero-order chi connectivity index (χ0) is 23.7. The number of piperidine rings is 3. The van der Waals surface area contributed by atoms with Gasteiger partial charge >= 0.3 is 6.09 Å². The number of rotatable bonds is 6. The van der Waals surface area contributed by atoms with E-state index >= 15 is 0 Å². The summed E-state index contributed by atoms with van der Waals surface area (Å²) in [5.41, 5.74) is 4.48. The molecule has 4 aliphatic rings. The van der Waals surface area contributed by atoms with Gasteiger partial charge in [0.2, 0.25) is 0 Å². The Bertz CT molecular complexity index is 1010. The summed E-state index contributed by atoms with van der Waals surface area (Å²) < 4.78 is 12.1. The van der Waals surface area contributed by atoms with Crippen LogP contribution in [0, 0.1) is 11.3 Å². The van der Waals surface area contributed by atoms with Crippen LogP contribution in [0.4, 0.5) is 4.79 Å². The second kappa shape index (κ2) is 9.61. The average molecular weight is 463 g/mol. The molecule has 3 fully saturated rings. The highest BCUT2D eigenvalue weighted by Gasteiger charge is 2.41. The molecule has 182 valence electrons. The van der Waals surface area contributed by atoms with Gasteiger partial charge in [0, 0.05) is 17.5 Å². The van der Waals surface area contributed by atoms with Crippen LogP contribution in [-0.2, 0) is 11.2 Å². The zero-order valence-corrected chi connectivity index (χ0v) is 20.8. The predicted molar refractivity (Wildman–Crippen MR) is 135 cm³/mol. The molecule has 34 heavy (non-hydrogen) atoms. The van der Waals surface area contributed by atoms with Crippen LogP contribution in [0.5, 0.6) is 5.75 Å². The fourth-order valence-electron chi connectivity index (χ4n) is 5.70. The molecule has 2 aromatic carbocycles. The first-order valence-electron chi connectivity index (χ1n) is 13.0. The van der Waals surface area contributed by atoms with Crippen LogP contribution in [0.3, 0.4) is 0 Å². The standard InChI is InChI=1S/C29H38N2O3/c1-4-5-6-20-7-9-21(10-8-20)23-11-12-24-25(17-23)33-19-29(2,3)27(24)30-28(32)34-26-18-31-15-13-22(26)14-16-31/h7-12,17,22,26-27H,4-6,13-16,18-19H2,1-3H3,(H,30,32)/t26-,27?/m0/s1. The van der Waals surface area contributed by atoms with Gasteiger partial charge in [-0.15, -0.1) is 0 Å². The fourth-order valence-corrected chi connectivity index (χ4v) is 5.70. The number of hydrogen-bond donors (Lipinski definition) is 1. The molecule has 1 N–H and O–H groups in total. The molecule has 0 radical (unpaired) electrons. The quantitative estimate of drug-likeness (QED) is 0.574. The highest BCUT2D eigenvalue weighted by molar-refractivity contribution is 5.70. The van der Waals surface area contributed by atoms with Crippen molar-refractivity contribution in [3.63, 3.8) is 0 Å². The largest absolute Gasteiger partial charge is 0.493 e. The van der Waals surface area contributed by atoms with Gasteiger partial charge in [-0.3, -0.25) is 4.90 Å². The van der Waals surface area contributed by atoms with E-state index in [1.54, 1.807) is 0 Å². The third-order valence-electron chi connectivity index (χ3n) is 7.93. The normalized spacial score (nSPS) is 26.9. The summed E-state index contributed by atoms with van der Waals surface area (Å²) in [7, 11) is 0. The van der Waals surface area contributed by atoms with Gasteiger partial charge in [-0.1, -0.05) is 63.6 Å². The van der Waals surface area contributed by atoms with E-state index in [4.69, 9.17) is 9.47 Å². The molecule has 5 heteroatoms. The highest BCUT2D eigenvalue weighted by atomic mass is 16.6. The SMILES string of the molecule is CCCCc1ccc(-c2ccc3c(c2)OCC(C)(C)C3NC(=O)O[C@H]2CN3CCC2CC3)cc1. The molecule has 0 aliphatic carbocycles. The number of benzene rings is 2. The van der Waals surface area contributed by atoms with Gasteiger partial charge < -0.3 is 14.8 Å². The van der Waals surface area contributed by atoms with Gasteiger partial charge in [0.05, 0.1) is 12.6 Å². The molecule has 5 nitrogen and oxygen atoms in total. The van der Waals surface area contributed by atoms with Crippen molar-refractivity contribution >= 4 is 6.09 Å². The van der Waals surface area contributed by atoms with Gasteiger partial charge in [0.1, 0.15) is 11.9 Å². The monoisotopic (exact) mass is 462 g/mol. The van der Waals surface area contributed by atoms with Crippen LogP contribution < -0.4 is 10.1 Å². The Hall–Kier alpha value is -2.53. The number of nitrogens with zero attached hydrogens (tertiary/aromatic N) is 1. The fraction of sp³-hybridized carbons (Fsp3) is 0.552. The van der Waals surface area contributed by atoms with E-state index in [0.717, 1.165) is 55.8 Å². The van der Waals surface area contributed by atoms with Crippen molar-refractivity contribution in [2.75, 3.05) is 26.2 Å². The smallest absolute Gasteiger partial charge is 0.407 e. The van der Waals surface area contributed by atoms with Crippen LogP contribution >= 0.6 is 0 Å². The topological polar surface area (TPSA) is 50.8 Å². The first-order chi connectivity index (χ1) is 16.4. The van der Waals surface area contributed by atoms with E-state index in [9.17, 15) is 4.79 Å². The molecule has 4 aliphatic heterocycles. The number of carbonyl (C=O) groups excluding carboxylic acids is 1. The lowest BCUT2D eigenvalue weighted by Crippen LogP contribution is -2.53. The van der Waals surface area contributed by atoms with Crippen molar-refractivity contribution in [2.45, 2.75) is 65.0 Å². The number of alkyl carbamates (subject to hydrolysis) is 1. The third kappa shape index (κ3) is 4.81. The summed E-state index contributed by atoms with van der Waals surface area (Å²) in [5, 5.41) is 3.20. The highest BCUT2D eigenvalue weighted by Crippen LogP contribution is 2.44. The van der Waals surface area contributed by atoms with Crippen molar-refractivity contribution in [1.29, 1.82) is 0 Å². The Kier molecular flexibility index (Phi) is 6.57. The summed E-state index contributed by atoms with van der Waals surface area (Å²) in [6.07, 6.45) is 5.52. The summed E-state index contributed by atoms with van der Waals surface area (Å²) in [5.74, 6) is 1.35. The number of amides is 1. The number of nitrogens with one attached hydrogen (secondary N) is 1. The molecule has 2 atom stereocenters. The molecule has 0 aromatic heterocycles. The molecule has 3 saturated heterocycles. The maximum atomic E-state index is 13.0. The van der Waals surface area contributed by atoms with Crippen LogP contribution in [0.2, 0.25) is 0 Å². The molecule has 6 rings (SSSR count). The van der Waals surface area contributed by atoms with Crippen LogP contribution in [-0.4, -0.2) is 43.3 Å². The van der Waals surface area contributed by atoms with E-state index in [-0.39, 0.29) is 23.7 Å². The summed E-state index contributed by atoms with van der Waals surface area (Å²) in [6.45, 7) is 10.2. The van der Waals surface area contributed by atoms with E-state index in [1.165, 1.54) is 24.0 Å². The van der Waals surface area contributed by atoms with E-state index in [1.807, 2.05) is 0 Å². The van der Waals surface area contributed by atoms with Crippen molar-refractivity contribution in [3.05, 3.63) is 53.6 Å².